The number of hydrogen-bond acceptors (Lipinski definition) is 2. The molecule has 3 rings (SSSR count). The second-order valence-electron chi connectivity index (χ2n) is 7.08. The normalized spacial score (nSPS) is 16.9. The first-order chi connectivity index (χ1) is 12.3. The molecule has 0 bridgehead atoms. The summed E-state index contributed by atoms with van der Waals surface area (Å²) >= 11 is 3.47. The van der Waals surface area contributed by atoms with Gasteiger partial charge in [0.05, 0.1) is 5.92 Å². The minimum atomic E-state index is -0.341. The molecule has 1 atom stereocenters. The van der Waals surface area contributed by atoms with Gasteiger partial charge in [-0.15, -0.1) is 0 Å². The number of amides is 2. The van der Waals surface area contributed by atoms with E-state index >= 15 is 0 Å². The Morgan fingerprint density at radius 1 is 1.04 bits per heavy atom. The molecule has 1 heterocycles. The van der Waals surface area contributed by atoms with Crippen LogP contribution in [0.25, 0.3) is 0 Å². The Morgan fingerprint density at radius 3 is 2.31 bits per heavy atom. The van der Waals surface area contributed by atoms with Gasteiger partial charge in [-0.2, -0.15) is 0 Å². The number of rotatable bonds is 3. The van der Waals surface area contributed by atoms with Gasteiger partial charge in [0.1, 0.15) is 0 Å². The number of nitrogens with zero attached hydrogens (tertiary/aromatic N) is 1. The second-order valence-corrected chi connectivity index (χ2v) is 7.99. The van der Waals surface area contributed by atoms with Crippen molar-refractivity contribution >= 4 is 39.1 Å². The van der Waals surface area contributed by atoms with E-state index in [4.69, 9.17) is 0 Å². The van der Waals surface area contributed by atoms with E-state index in [0.717, 1.165) is 32.5 Å². The van der Waals surface area contributed by atoms with Crippen LogP contribution in [0.3, 0.4) is 0 Å². The fraction of sp³-hybridized carbons (Fsp3) is 0.333. The zero-order valence-corrected chi connectivity index (χ0v) is 17.1. The molecule has 5 heteroatoms. The van der Waals surface area contributed by atoms with E-state index in [9.17, 15) is 9.59 Å². The summed E-state index contributed by atoms with van der Waals surface area (Å²) in [7, 11) is 0. The molecule has 0 unspecified atom stereocenters. The van der Waals surface area contributed by atoms with Crippen molar-refractivity contribution in [3.05, 3.63) is 57.1 Å². The highest BCUT2D eigenvalue weighted by atomic mass is 79.9. The Bertz CT molecular complexity index is 869. The molecule has 2 aromatic rings. The van der Waals surface area contributed by atoms with Crippen LogP contribution in [0.1, 0.15) is 28.7 Å². The molecule has 2 aromatic carbocycles. The average molecular weight is 415 g/mol. The SMILES string of the molecule is Cc1ccc(N2C[C@H](C(=O)Nc3c(C)cc(Br)cc3C)CC2=O)cc1C. The smallest absolute Gasteiger partial charge is 0.229 e. The average Bonchev–Trinajstić information content (AvgIpc) is 2.95. The molecule has 1 aliphatic heterocycles. The third kappa shape index (κ3) is 3.68. The van der Waals surface area contributed by atoms with Crippen molar-refractivity contribution in [3.63, 3.8) is 0 Å². The van der Waals surface area contributed by atoms with Crippen LogP contribution in [0.15, 0.2) is 34.8 Å². The van der Waals surface area contributed by atoms with Gasteiger partial charge >= 0.3 is 0 Å². The van der Waals surface area contributed by atoms with E-state index < -0.39 is 0 Å². The standard InChI is InChI=1S/C21H23BrN2O2/c1-12-5-6-18(9-13(12)2)24-11-16(10-19(24)25)21(26)23-20-14(3)7-17(22)8-15(20)4/h5-9,16H,10-11H2,1-4H3,(H,23,26)/t16-/m1/s1. The molecule has 2 amide bonds. The van der Waals surface area contributed by atoms with Crippen LogP contribution in [-0.4, -0.2) is 18.4 Å². The summed E-state index contributed by atoms with van der Waals surface area (Å²) in [4.78, 5) is 26.9. The highest BCUT2D eigenvalue weighted by molar-refractivity contribution is 9.10. The van der Waals surface area contributed by atoms with E-state index in [0.29, 0.717) is 6.54 Å². The third-order valence-corrected chi connectivity index (χ3v) is 5.50. The number of benzene rings is 2. The second kappa shape index (κ2) is 7.23. The Labute approximate surface area is 162 Å². The van der Waals surface area contributed by atoms with Gasteiger partial charge in [0.25, 0.3) is 0 Å². The van der Waals surface area contributed by atoms with Crippen LogP contribution in [0.5, 0.6) is 0 Å². The zero-order valence-electron chi connectivity index (χ0n) is 15.5. The molecule has 1 saturated heterocycles. The summed E-state index contributed by atoms with van der Waals surface area (Å²) in [6.07, 6.45) is 0.243. The molecule has 0 saturated carbocycles. The molecule has 136 valence electrons. The lowest BCUT2D eigenvalue weighted by Crippen LogP contribution is -2.28. The van der Waals surface area contributed by atoms with E-state index in [2.05, 4.69) is 21.2 Å². The fourth-order valence-electron chi connectivity index (χ4n) is 3.36. The first-order valence-corrected chi connectivity index (χ1v) is 9.51. The Morgan fingerprint density at radius 2 is 1.69 bits per heavy atom. The summed E-state index contributed by atoms with van der Waals surface area (Å²) in [6.45, 7) is 8.43. The molecule has 0 aromatic heterocycles. The van der Waals surface area contributed by atoms with Gasteiger partial charge in [0.15, 0.2) is 0 Å². The van der Waals surface area contributed by atoms with Crippen LogP contribution in [0.4, 0.5) is 11.4 Å². The van der Waals surface area contributed by atoms with Crippen molar-refractivity contribution < 1.29 is 9.59 Å². The van der Waals surface area contributed by atoms with Crippen molar-refractivity contribution in [2.75, 3.05) is 16.8 Å². The predicted molar refractivity (Wildman–Crippen MR) is 109 cm³/mol. The summed E-state index contributed by atoms with van der Waals surface area (Å²) in [5, 5.41) is 3.02. The molecule has 0 aliphatic carbocycles. The van der Waals surface area contributed by atoms with Gasteiger partial charge in [-0.05, 0) is 74.2 Å². The molecule has 0 radical (unpaired) electrons. The van der Waals surface area contributed by atoms with Crippen molar-refractivity contribution in [2.45, 2.75) is 34.1 Å². The quantitative estimate of drug-likeness (QED) is 0.792. The topological polar surface area (TPSA) is 49.4 Å². The first kappa shape index (κ1) is 18.6. The molecular formula is C21H23BrN2O2. The summed E-state index contributed by atoms with van der Waals surface area (Å²) in [6, 6.07) is 9.92. The van der Waals surface area contributed by atoms with Gasteiger partial charge in [0.2, 0.25) is 11.8 Å². The highest BCUT2D eigenvalue weighted by Gasteiger charge is 2.35. The molecule has 1 N–H and O–H groups in total. The minimum absolute atomic E-state index is 0.00217. The van der Waals surface area contributed by atoms with Crippen LogP contribution in [-0.2, 0) is 9.59 Å². The van der Waals surface area contributed by atoms with Crippen LogP contribution < -0.4 is 10.2 Å². The van der Waals surface area contributed by atoms with Gasteiger partial charge in [-0.3, -0.25) is 9.59 Å². The maximum absolute atomic E-state index is 12.7. The van der Waals surface area contributed by atoms with E-state index in [1.165, 1.54) is 5.56 Å². The lowest BCUT2D eigenvalue weighted by Gasteiger charge is -2.18. The molecule has 4 nitrogen and oxygen atoms in total. The van der Waals surface area contributed by atoms with E-state index in [1.807, 2.05) is 58.0 Å². The van der Waals surface area contributed by atoms with Crippen molar-refractivity contribution in [2.24, 2.45) is 5.92 Å². The zero-order chi connectivity index (χ0) is 19.0. The third-order valence-electron chi connectivity index (χ3n) is 5.04. The number of carbonyl (C=O) groups is 2. The lowest BCUT2D eigenvalue weighted by molar-refractivity contribution is -0.122. The number of hydrogen-bond donors (Lipinski definition) is 1. The predicted octanol–water partition coefficient (Wildman–Crippen LogP) is 4.67. The molecular weight excluding hydrogens is 392 g/mol. The van der Waals surface area contributed by atoms with Gasteiger partial charge in [-0.25, -0.2) is 0 Å². The number of anilines is 2. The summed E-state index contributed by atoms with van der Waals surface area (Å²) in [5.41, 5.74) is 6.03. The maximum Gasteiger partial charge on any atom is 0.229 e. The molecule has 0 spiro atoms. The Hall–Kier alpha value is -2.14. The fourth-order valence-corrected chi connectivity index (χ4v) is 4.05. The summed E-state index contributed by atoms with van der Waals surface area (Å²) < 4.78 is 0.988. The molecule has 1 aliphatic rings. The van der Waals surface area contributed by atoms with Crippen molar-refractivity contribution in [3.8, 4) is 0 Å². The molecule has 1 fully saturated rings. The van der Waals surface area contributed by atoms with Gasteiger partial charge in [-0.1, -0.05) is 22.0 Å². The van der Waals surface area contributed by atoms with Crippen LogP contribution in [0, 0.1) is 33.6 Å². The number of carbonyl (C=O) groups excluding carboxylic acids is 2. The van der Waals surface area contributed by atoms with Gasteiger partial charge in [0, 0.05) is 28.8 Å². The first-order valence-electron chi connectivity index (χ1n) is 8.71. The highest BCUT2D eigenvalue weighted by Crippen LogP contribution is 2.29. The maximum atomic E-state index is 12.7. The minimum Gasteiger partial charge on any atom is -0.325 e. The van der Waals surface area contributed by atoms with Crippen LogP contribution >= 0.6 is 15.9 Å². The number of halogens is 1. The Kier molecular flexibility index (Phi) is 5.19. The van der Waals surface area contributed by atoms with Gasteiger partial charge < -0.3 is 10.2 Å². The van der Waals surface area contributed by atoms with Crippen molar-refractivity contribution in [1.82, 2.24) is 0 Å². The number of nitrogens with one attached hydrogen (secondary N) is 1. The van der Waals surface area contributed by atoms with Crippen LogP contribution in [0.2, 0.25) is 0 Å². The lowest BCUT2D eigenvalue weighted by atomic mass is 10.1. The number of aryl methyl sites for hydroxylation is 4. The largest absolute Gasteiger partial charge is 0.325 e. The summed E-state index contributed by atoms with van der Waals surface area (Å²) in [5.74, 6) is -0.442. The molecule has 26 heavy (non-hydrogen) atoms. The monoisotopic (exact) mass is 414 g/mol. The Balaban J connectivity index is 1.76. The van der Waals surface area contributed by atoms with Crippen molar-refractivity contribution in [1.29, 1.82) is 0 Å². The van der Waals surface area contributed by atoms with E-state index in [1.54, 1.807) is 4.90 Å². The van der Waals surface area contributed by atoms with E-state index in [-0.39, 0.29) is 24.2 Å².